The number of benzene rings is 2. The summed E-state index contributed by atoms with van der Waals surface area (Å²) < 4.78 is 40.9. The number of rotatable bonds is 5. The van der Waals surface area contributed by atoms with Gasteiger partial charge in [0.05, 0.1) is 11.5 Å². The molecule has 0 spiro atoms. The Hall–Kier alpha value is -2.74. The number of ether oxygens (including phenoxy) is 1. The van der Waals surface area contributed by atoms with E-state index in [0.717, 1.165) is 0 Å². The Morgan fingerprint density at radius 2 is 1.74 bits per heavy atom. The predicted octanol–water partition coefficient (Wildman–Crippen LogP) is 2.81. The van der Waals surface area contributed by atoms with E-state index in [4.69, 9.17) is 4.74 Å². The predicted molar refractivity (Wildman–Crippen MR) is 97.8 cm³/mol. The minimum atomic E-state index is -3.03. The van der Waals surface area contributed by atoms with Crippen LogP contribution in [0.5, 0.6) is 5.75 Å². The highest BCUT2D eigenvalue weighted by atomic mass is 32.2. The lowest BCUT2D eigenvalue weighted by Gasteiger charge is -2.09. The van der Waals surface area contributed by atoms with E-state index in [9.17, 15) is 22.4 Å². The van der Waals surface area contributed by atoms with Gasteiger partial charge in [-0.2, -0.15) is 0 Å². The van der Waals surface area contributed by atoms with E-state index in [1.165, 1.54) is 48.5 Å². The quantitative estimate of drug-likeness (QED) is 0.625. The van der Waals surface area contributed by atoms with Crippen molar-refractivity contribution in [2.75, 3.05) is 16.8 Å². The Morgan fingerprint density at radius 1 is 1.07 bits per heavy atom. The van der Waals surface area contributed by atoms with Crippen molar-refractivity contribution < 1.29 is 27.1 Å². The number of nitrogens with one attached hydrogen (secondary N) is 1. The molecule has 1 unspecified atom stereocenters. The summed E-state index contributed by atoms with van der Waals surface area (Å²) in [6, 6.07) is 11.4. The lowest BCUT2D eigenvalue weighted by molar-refractivity contribution is -0.135. The zero-order valence-corrected chi connectivity index (χ0v) is 15.2. The van der Waals surface area contributed by atoms with Crippen LogP contribution < -0.4 is 10.1 Å². The number of hydrogen-bond donors (Lipinski definition) is 1. The molecule has 1 aliphatic heterocycles. The molecule has 8 heteroatoms. The first-order valence-electron chi connectivity index (χ1n) is 8.39. The van der Waals surface area contributed by atoms with Gasteiger partial charge in [-0.15, -0.1) is 0 Å². The first kappa shape index (κ1) is 19.0. The van der Waals surface area contributed by atoms with E-state index in [0.29, 0.717) is 17.7 Å². The molecular formula is C19H18FNO5S. The molecule has 6 nitrogen and oxygen atoms in total. The first-order valence-corrected chi connectivity index (χ1v) is 10.2. The highest BCUT2D eigenvalue weighted by molar-refractivity contribution is 7.91. The molecule has 1 fully saturated rings. The summed E-state index contributed by atoms with van der Waals surface area (Å²) in [7, 11) is -3.03. The van der Waals surface area contributed by atoms with Crippen molar-refractivity contribution in [3.05, 3.63) is 59.9 Å². The second-order valence-corrected chi connectivity index (χ2v) is 8.66. The molecule has 0 aliphatic carbocycles. The number of amides is 1. The third-order valence-electron chi connectivity index (χ3n) is 4.23. The number of esters is 1. The minimum absolute atomic E-state index is 0.0184. The van der Waals surface area contributed by atoms with E-state index in [-0.39, 0.29) is 35.5 Å². The highest BCUT2D eigenvalue weighted by Gasteiger charge is 2.30. The molecule has 3 rings (SSSR count). The zero-order chi connectivity index (χ0) is 19.4. The number of hydrogen-bond acceptors (Lipinski definition) is 5. The van der Waals surface area contributed by atoms with Crippen LogP contribution in [0, 0.1) is 11.7 Å². The summed E-state index contributed by atoms with van der Waals surface area (Å²) >= 11 is 0. The molecule has 1 saturated heterocycles. The summed E-state index contributed by atoms with van der Waals surface area (Å²) in [5, 5.41) is 2.63. The molecular weight excluding hydrogens is 373 g/mol. The van der Waals surface area contributed by atoms with Gasteiger partial charge >= 0.3 is 5.97 Å². The third kappa shape index (κ3) is 5.37. The topological polar surface area (TPSA) is 89.5 Å². The average Bonchev–Trinajstić information content (AvgIpc) is 2.96. The van der Waals surface area contributed by atoms with Crippen LogP contribution in [0.3, 0.4) is 0 Å². The molecule has 1 aliphatic rings. The number of sulfone groups is 1. The Kier molecular flexibility index (Phi) is 5.55. The largest absolute Gasteiger partial charge is 0.427 e. The fourth-order valence-electron chi connectivity index (χ4n) is 2.85. The maximum atomic E-state index is 12.9. The molecule has 2 aromatic carbocycles. The summed E-state index contributed by atoms with van der Waals surface area (Å²) in [6.45, 7) is 0. The highest BCUT2D eigenvalue weighted by Crippen LogP contribution is 2.23. The van der Waals surface area contributed by atoms with Crippen molar-refractivity contribution in [1.82, 2.24) is 0 Å². The maximum absolute atomic E-state index is 12.9. The summed E-state index contributed by atoms with van der Waals surface area (Å²) in [4.78, 5) is 24.1. The third-order valence-corrected chi connectivity index (χ3v) is 6.07. The van der Waals surface area contributed by atoms with Crippen molar-refractivity contribution in [3.63, 3.8) is 0 Å². The fraction of sp³-hybridized carbons (Fsp3) is 0.263. The SMILES string of the molecule is O=C(CC1CCS(=O)(=O)C1)Oc1ccc(C(=O)Nc2ccc(F)cc2)cc1. The van der Waals surface area contributed by atoms with E-state index in [1.54, 1.807) is 0 Å². The van der Waals surface area contributed by atoms with E-state index >= 15 is 0 Å². The molecule has 2 aromatic rings. The van der Waals surface area contributed by atoms with Crippen molar-refractivity contribution in [2.45, 2.75) is 12.8 Å². The van der Waals surface area contributed by atoms with Gasteiger partial charge in [-0.3, -0.25) is 9.59 Å². The Morgan fingerprint density at radius 3 is 2.33 bits per heavy atom. The van der Waals surface area contributed by atoms with Gasteiger partial charge in [-0.1, -0.05) is 0 Å². The molecule has 0 bridgehead atoms. The standard InChI is InChI=1S/C19H18FNO5S/c20-15-3-5-16(6-4-15)21-19(23)14-1-7-17(8-2-14)26-18(22)11-13-9-10-27(24,25)12-13/h1-8,13H,9-12H2,(H,21,23). The summed E-state index contributed by atoms with van der Waals surface area (Å²) in [5.41, 5.74) is 0.810. The van der Waals surface area contributed by atoms with Gasteiger partial charge in [-0.05, 0) is 60.9 Å². The Balaban J connectivity index is 1.54. The summed E-state index contributed by atoms with van der Waals surface area (Å²) in [6.07, 6.45) is 0.520. The average molecular weight is 391 g/mol. The monoisotopic (exact) mass is 391 g/mol. The maximum Gasteiger partial charge on any atom is 0.311 e. The van der Waals surface area contributed by atoms with E-state index in [1.807, 2.05) is 0 Å². The number of halogens is 1. The van der Waals surface area contributed by atoms with Gasteiger partial charge < -0.3 is 10.1 Å². The van der Waals surface area contributed by atoms with Crippen LogP contribution in [0.4, 0.5) is 10.1 Å². The van der Waals surface area contributed by atoms with Gasteiger partial charge in [-0.25, -0.2) is 12.8 Å². The minimum Gasteiger partial charge on any atom is -0.427 e. The summed E-state index contributed by atoms with van der Waals surface area (Å²) in [5.74, 6) is -1.07. The van der Waals surface area contributed by atoms with E-state index in [2.05, 4.69) is 5.32 Å². The second-order valence-electron chi connectivity index (χ2n) is 6.43. The van der Waals surface area contributed by atoms with Crippen LogP contribution in [-0.2, 0) is 14.6 Å². The number of carbonyl (C=O) groups is 2. The fourth-order valence-corrected chi connectivity index (χ4v) is 4.71. The number of anilines is 1. The van der Waals surface area contributed by atoms with Crippen LogP contribution in [0.15, 0.2) is 48.5 Å². The van der Waals surface area contributed by atoms with Crippen molar-refractivity contribution in [1.29, 1.82) is 0 Å². The van der Waals surface area contributed by atoms with Gasteiger partial charge in [0, 0.05) is 17.7 Å². The second kappa shape index (κ2) is 7.87. The van der Waals surface area contributed by atoms with Crippen LogP contribution in [0.25, 0.3) is 0 Å². The lowest BCUT2D eigenvalue weighted by Crippen LogP contribution is -2.15. The van der Waals surface area contributed by atoms with Gasteiger partial charge in [0.1, 0.15) is 11.6 Å². The van der Waals surface area contributed by atoms with Crippen molar-refractivity contribution in [3.8, 4) is 5.75 Å². The zero-order valence-electron chi connectivity index (χ0n) is 14.4. The molecule has 0 aromatic heterocycles. The molecule has 1 atom stereocenters. The first-order chi connectivity index (χ1) is 12.8. The van der Waals surface area contributed by atoms with Gasteiger partial charge in [0.2, 0.25) is 0 Å². The van der Waals surface area contributed by atoms with Crippen LogP contribution >= 0.6 is 0 Å². The Labute approximate surface area is 156 Å². The molecule has 27 heavy (non-hydrogen) atoms. The normalized spacial score (nSPS) is 18.0. The van der Waals surface area contributed by atoms with Crippen LogP contribution in [-0.4, -0.2) is 31.8 Å². The van der Waals surface area contributed by atoms with E-state index < -0.39 is 21.6 Å². The van der Waals surface area contributed by atoms with Crippen molar-refractivity contribution >= 4 is 27.4 Å². The lowest BCUT2D eigenvalue weighted by atomic mass is 10.1. The molecule has 1 N–H and O–H groups in total. The molecule has 1 heterocycles. The van der Waals surface area contributed by atoms with Crippen LogP contribution in [0.1, 0.15) is 23.2 Å². The Bertz CT molecular complexity index is 939. The number of carbonyl (C=O) groups excluding carboxylic acids is 2. The molecule has 1 amide bonds. The molecule has 0 radical (unpaired) electrons. The van der Waals surface area contributed by atoms with Gasteiger partial charge in [0.25, 0.3) is 5.91 Å². The van der Waals surface area contributed by atoms with Crippen molar-refractivity contribution in [2.24, 2.45) is 5.92 Å². The molecule has 142 valence electrons. The molecule has 0 saturated carbocycles. The van der Waals surface area contributed by atoms with Gasteiger partial charge in [0.15, 0.2) is 9.84 Å². The van der Waals surface area contributed by atoms with Crippen LogP contribution in [0.2, 0.25) is 0 Å². The smallest absolute Gasteiger partial charge is 0.311 e.